The first kappa shape index (κ1) is 10.7. The van der Waals surface area contributed by atoms with Crippen molar-refractivity contribution in [3.8, 4) is 11.1 Å². The van der Waals surface area contributed by atoms with Gasteiger partial charge >= 0.3 is 0 Å². The van der Waals surface area contributed by atoms with Gasteiger partial charge in [0.25, 0.3) is 0 Å². The Balaban J connectivity index is 2.49. The minimum Gasteiger partial charge on any atom is -0.249 e. The standard InChI is InChI=1S/C12H9BrClN/c1-8-2-4-9(5-3-8)10-7-15-12(13)6-11(10)14/h2-7H,1H3. The largest absolute Gasteiger partial charge is 0.249 e. The number of hydrogen-bond acceptors (Lipinski definition) is 1. The summed E-state index contributed by atoms with van der Waals surface area (Å²) in [5.41, 5.74) is 3.28. The summed E-state index contributed by atoms with van der Waals surface area (Å²) >= 11 is 9.42. The molecule has 0 bridgehead atoms. The third kappa shape index (κ3) is 2.39. The highest BCUT2D eigenvalue weighted by molar-refractivity contribution is 9.10. The van der Waals surface area contributed by atoms with Gasteiger partial charge in [0, 0.05) is 11.8 Å². The summed E-state index contributed by atoms with van der Waals surface area (Å²) in [6.45, 7) is 2.06. The number of hydrogen-bond donors (Lipinski definition) is 0. The summed E-state index contributed by atoms with van der Waals surface area (Å²) in [6.07, 6.45) is 1.77. The molecule has 0 unspecified atom stereocenters. The van der Waals surface area contributed by atoms with Gasteiger partial charge < -0.3 is 0 Å². The molecule has 0 atom stereocenters. The maximum absolute atomic E-state index is 6.13. The second-order valence-corrected chi connectivity index (χ2v) is 4.57. The molecule has 0 aliphatic carbocycles. The normalized spacial score (nSPS) is 10.3. The molecule has 0 amide bonds. The Morgan fingerprint density at radius 1 is 1.20 bits per heavy atom. The van der Waals surface area contributed by atoms with Gasteiger partial charge in [-0.2, -0.15) is 0 Å². The van der Waals surface area contributed by atoms with Gasteiger partial charge in [0.2, 0.25) is 0 Å². The second-order valence-electron chi connectivity index (χ2n) is 3.35. The molecule has 15 heavy (non-hydrogen) atoms. The van der Waals surface area contributed by atoms with Gasteiger partial charge in [-0.1, -0.05) is 41.4 Å². The molecule has 1 aromatic heterocycles. The molecule has 0 fully saturated rings. The summed E-state index contributed by atoms with van der Waals surface area (Å²) in [5.74, 6) is 0. The Morgan fingerprint density at radius 3 is 2.47 bits per heavy atom. The number of rotatable bonds is 1. The molecule has 0 N–H and O–H groups in total. The highest BCUT2D eigenvalue weighted by Crippen LogP contribution is 2.28. The van der Waals surface area contributed by atoms with Crippen molar-refractivity contribution in [2.45, 2.75) is 6.92 Å². The molecule has 1 aromatic carbocycles. The minimum atomic E-state index is 0.709. The van der Waals surface area contributed by atoms with Crippen molar-refractivity contribution < 1.29 is 0 Å². The van der Waals surface area contributed by atoms with Crippen molar-refractivity contribution >= 4 is 27.5 Å². The van der Waals surface area contributed by atoms with Gasteiger partial charge in [-0.15, -0.1) is 0 Å². The number of nitrogens with zero attached hydrogens (tertiary/aromatic N) is 1. The molecular weight excluding hydrogens is 273 g/mol. The van der Waals surface area contributed by atoms with Crippen LogP contribution in [-0.2, 0) is 0 Å². The lowest BCUT2D eigenvalue weighted by atomic mass is 10.1. The van der Waals surface area contributed by atoms with E-state index >= 15 is 0 Å². The topological polar surface area (TPSA) is 12.9 Å². The third-order valence-corrected chi connectivity index (χ3v) is 2.93. The lowest BCUT2D eigenvalue weighted by Crippen LogP contribution is -1.83. The molecule has 0 aliphatic heterocycles. The van der Waals surface area contributed by atoms with Crippen molar-refractivity contribution in [1.82, 2.24) is 4.98 Å². The van der Waals surface area contributed by atoms with Crippen LogP contribution in [0.4, 0.5) is 0 Å². The van der Waals surface area contributed by atoms with Crippen LogP contribution >= 0.6 is 27.5 Å². The van der Waals surface area contributed by atoms with Crippen LogP contribution in [0.5, 0.6) is 0 Å². The quantitative estimate of drug-likeness (QED) is 0.703. The van der Waals surface area contributed by atoms with E-state index in [1.807, 2.05) is 12.1 Å². The van der Waals surface area contributed by atoms with Crippen molar-refractivity contribution in [2.75, 3.05) is 0 Å². The summed E-state index contributed by atoms with van der Waals surface area (Å²) < 4.78 is 0.753. The first-order valence-electron chi connectivity index (χ1n) is 4.55. The van der Waals surface area contributed by atoms with E-state index in [1.54, 1.807) is 12.3 Å². The summed E-state index contributed by atoms with van der Waals surface area (Å²) in [7, 11) is 0. The van der Waals surface area contributed by atoms with Crippen LogP contribution in [0.3, 0.4) is 0 Å². The molecule has 2 rings (SSSR count). The van der Waals surface area contributed by atoms with Crippen LogP contribution in [0.15, 0.2) is 41.1 Å². The molecule has 1 heterocycles. The van der Waals surface area contributed by atoms with Crippen molar-refractivity contribution in [2.24, 2.45) is 0 Å². The Hall–Kier alpha value is -0.860. The van der Waals surface area contributed by atoms with E-state index in [-0.39, 0.29) is 0 Å². The zero-order valence-electron chi connectivity index (χ0n) is 8.17. The van der Waals surface area contributed by atoms with Gasteiger partial charge in [0.05, 0.1) is 5.02 Å². The van der Waals surface area contributed by atoms with Crippen LogP contribution in [0.2, 0.25) is 5.02 Å². The lowest BCUT2D eigenvalue weighted by molar-refractivity contribution is 1.28. The summed E-state index contributed by atoms with van der Waals surface area (Å²) in [6, 6.07) is 10.0. The molecule has 2 aromatic rings. The van der Waals surface area contributed by atoms with Crippen LogP contribution in [-0.4, -0.2) is 4.98 Å². The van der Waals surface area contributed by atoms with E-state index in [4.69, 9.17) is 11.6 Å². The minimum absolute atomic E-state index is 0.709. The summed E-state index contributed by atoms with van der Waals surface area (Å²) in [4.78, 5) is 4.17. The predicted molar refractivity (Wildman–Crippen MR) is 67.1 cm³/mol. The average Bonchev–Trinajstić information content (AvgIpc) is 2.20. The van der Waals surface area contributed by atoms with E-state index in [9.17, 15) is 0 Å². The number of aromatic nitrogens is 1. The van der Waals surface area contributed by atoms with Crippen LogP contribution < -0.4 is 0 Å². The molecule has 0 spiro atoms. The molecule has 0 saturated carbocycles. The zero-order valence-corrected chi connectivity index (χ0v) is 10.5. The fraction of sp³-hybridized carbons (Fsp3) is 0.0833. The predicted octanol–water partition coefficient (Wildman–Crippen LogP) is 4.47. The summed E-state index contributed by atoms with van der Waals surface area (Å²) in [5, 5.41) is 0.709. The van der Waals surface area contributed by atoms with E-state index < -0.39 is 0 Å². The molecule has 0 saturated heterocycles. The molecule has 0 aliphatic rings. The van der Waals surface area contributed by atoms with Crippen molar-refractivity contribution in [3.63, 3.8) is 0 Å². The molecule has 3 heteroatoms. The molecule has 0 radical (unpaired) electrons. The first-order valence-corrected chi connectivity index (χ1v) is 5.72. The maximum Gasteiger partial charge on any atom is 0.107 e. The van der Waals surface area contributed by atoms with E-state index in [2.05, 4.69) is 40.0 Å². The van der Waals surface area contributed by atoms with E-state index in [1.165, 1.54) is 5.56 Å². The van der Waals surface area contributed by atoms with Gasteiger partial charge in [-0.3, -0.25) is 0 Å². The van der Waals surface area contributed by atoms with Gasteiger partial charge in [0.1, 0.15) is 4.60 Å². The Labute approximate surface area is 102 Å². The van der Waals surface area contributed by atoms with Crippen molar-refractivity contribution in [3.05, 3.63) is 51.7 Å². The fourth-order valence-electron chi connectivity index (χ4n) is 1.35. The Bertz CT molecular complexity index is 479. The number of halogens is 2. The van der Waals surface area contributed by atoms with Crippen molar-refractivity contribution in [1.29, 1.82) is 0 Å². The molecule has 1 nitrogen and oxygen atoms in total. The number of pyridine rings is 1. The first-order chi connectivity index (χ1) is 7.16. The fourth-order valence-corrected chi connectivity index (χ4v) is 2.08. The van der Waals surface area contributed by atoms with Crippen LogP contribution in [0.1, 0.15) is 5.56 Å². The maximum atomic E-state index is 6.13. The Morgan fingerprint density at radius 2 is 1.87 bits per heavy atom. The van der Waals surface area contributed by atoms with E-state index in [0.29, 0.717) is 5.02 Å². The average molecular weight is 283 g/mol. The second kappa shape index (κ2) is 4.33. The van der Waals surface area contributed by atoms with E-state index in [0.717, 1.165) is 15.7 Å². The highest BCUT2D eigenvalue weighted by Gasteiger charge is 2.04. The number of benzene rings is 1. The van der Waals surface area contributed by atoms with Gasteiger partial charge in [-0.25, -0.2) is 4.98 Å². The van der Waals surface area contributed by atoms with Gasteiger partial charge in [-0.05, 0) is 34.5 Å². The van der Waals surface area contributed by atoms with Gasteiger partial charge in [0.15, 0.2) is 0 Å². The highest BCUT2D eigenvalue weighted by atomic mass is 79.9. The zero-order chi connectivity index (χ0) is 10.8. The third-order valence-electron chi connectivity index (χ3n) is 2.18. The smallest absolute Gasteiger partial charge is 0.107 e. The SMILES string of the molecule is Cc1ccc(-c2cnc(Br)cc2Cl)cc1. The lowest BCUT2D eigenvalue weighted by Gasteiger charge is -2.04. The number of aryl methyl sites for hydroxylation is 1. The molecule has 76 valence electrons. The van der Waals surface area contributed by atoms with Crippen LogP contribution in [0.25, 0.3) is 11.1 Å². The molecular formula is C12H9BrClN. The Kier molecular flexibility index (Phi) is 3.08. The monoisotopic (exact) mass is 281 g/mol. The van der Waals surface area contributed by atoms with Crippen LogP contribution in [0, 0.1) is 6.92 Å².